The second-order valence-electron chi connectivity index (χ2n) is 4.99. The molecule has 0 aliphatic heterocycles. The molecule has 0 atom stereocenters. The minimum atomic E-state index is -0.517. The summed E-state index contributed by atoms with van der Waals surface area (Å²) >= 11 is 0. The molecule has 2 N–H and O–H groups in total. The summed E-state index contributed by atoms with van der Waals surface area (Å²) in [5, 5.41) is 17.9. The molecule has 4 nitrogen and oxygen atoms in total. The highest BCUT2D eigenvalue weighted by Gasteiger charge is 2.32. The van der Waals surface area contributed by atoms with Gasteiger partial charge in [0.2, 0.25) is 0 Å². The summed E-state index contributed by atoms with van der Waals surface area (Å²) in [6.45, 7) is 0. The van der Waals surface area contributed by atoms with Crippen molar-refractivity contribution in [2.45, 2.75) is 43.7 Å². The molecule has 0 amide bonds. The summed E-state index contributed by atoms with van der Waals surface area (Å²) in [7, 11) is 3.90. The molecule has 1 aromatic rings. The zero-order valence-corrected chi connectivity index (χ0v) is 10.1. The van der Waals surface area contributed by atoms with E-state index in [0.29, 0.717) is 6.04 Å². The molecule has 2 rings (SSSR count). The van der Waals surface area contributed by atoms with Crippen LogP contribution in [0.2, 0.25) is 0 Å². The maximum absolute atomic E-state index is 10.5. The number of aliphatic hydroxyl groups is 1. The van der Waals surface area contributed by atoms with Crippen molar-refractivity contribution in [1.82, 2.24) is 15.1 Å². The van der Waals surface area contributed by atoms with Gasteiger partial charge < -0.3 is 10.4 Å². The molecule has 0 unspecified atom stereocenters. The molecule has 0 spiro atoms. The van der Waals surface area contributed by atoms with Crippen molar-refractivity contribution in [3.63, 3.8) is 0 Å². The van der Waals surface area contributed by atoms with E-state index in [1.54, 1.807) is 4.68 Å². The van der Waals surface area contributed by atoms with E-state index in [0.717, 1.165) is 37.7 Å². The van der Waals surface area contributed by atoms with E-state index < -0.39 is 5.60 Å². The lowest BCUT2D eigenvalue weighted by molar-refractivity contribution is -0.00243. The van der Waals surface area contributed by atoms with Gasteiger partial charge in [-0.3, -0.25) is 4.68 Å². The molecule has 1 fully saturated rings. The Kier molecular flexibility index (Phi) is 3.30. The highest BCUT2D eigenvalue weighted by Crippen LogP contribution is 2.31. The first-order valence-corrected chi connectivity index (χ1v) is 5.98. The fraction of sp³-hybridized carbons (Fsp3) is 0.750. The lowest BCUT2D eigenvalue weighted by atomic mass is 9.79. The van der Waals surface area contributed by atoms with Gasteiger partial charge in [0.25, 0.3) is 0 Å². The fourth-order valence-electron chi connectivity index (χ4n) is 2.56. The van der Waals surface area contributed by atoms with Crippen molar-refractivity contribution in [3.05, 3.63) is 18.0 Å². The van der Waals surface area contributed by atoms with E-state index in [2.05, 4.69) is 10.4 Å². The number of aromatic nitrogens is 2. The van der Waals surface area contributed by atoms with Crippen LogP contribution in [0.4, 0.5) is 0 Å². The zero-order valence-electron chi connectivity index (χ0n) is 10.1. The molecule has 0 aromatic carbocycles. The molecule has 1 aliphatic rings. The quantitative estimate of drug-likeness (QED) is 0.799. The molecular weight excluding hydrogens is 202 g/mol. The van der Waals surface area contributed by atoms with Crippen molar-refractivity contribution in [3.8, 4) is 0 Å². The normalized spacial score (nSPS) is 30.6. The van der Waals surface area contributed by atoms with Crippen molar-refractivity contribution in [2.75, 3.05) is 7.05 Å². The largest absolute Gasteiger partial charge is 0.390 e. The van der Waals surface area contributed by atoms with E-state index in [-0.39, 0.29) is 0 Å². The molecule has 1 heterocycles. The summed E-state index contributed by atoms with van der Waals surface area (Å²) in [4.78, 5) is 0. The number of nitrogens with one attached hydrogen (secondary N) is 1. The van der Waals surface area contributed by atoms with Crippen LogP contribution in [-0.2, 0) is 13.5 Å². The Labute approximate surface area is 96.7 Å². The van der Waals surface area contributed by atoms with Gasteiger partial charge >= 0.3 is 0 Å². The minimum absolute atomic E-state index is 0.517. The molecular formula is C12H21N3O. The first-order valence-electron chi connectivity index (χ1n) is 5.98. The SMILES string of the molecule is CNC1CCC(O)(Cc2cnn(C)c2)CC1. The topological polar surface area (TPSA) is 50.1 Å². The Morgan fingerprint density at radius 2 is 2.25 bits per heavy atom. The standard InChI is InChI=1S/C12H21N3O/c1-13-11-3-5-12(16,6-4-11)7-10-8-14-15(2)9-10/h8-9,11,13,16H,3-7H2,1-2H3. The maximum atomic E-state index is 10.5. The Balaban J connectivity index is 1.94. The van der Waals surface area contributed by atoms with Crippen LogP contribution in [0.3, 0.4) is 0 Å². The van der Waals surface area contributed by atoms with Gasteiger partial charge in [0.1, 0.15) is 0 Å². The Morgan fingerprint density at radius 1 is 1.56 bits per heavy atom. The van der Waals surface area contributed by atoms with Crippen LogP contribution >= 0.6 is 0 Å². The molecule has 0 bridgehead atoms. The van der Waals surface area contributed by atoms with Gasteiger partial charge in [-0.05, 0) is 38.3 Å². The van der Waals surface area contributed by atoms with Crippen molar-refractivity contribution >= 4 is 0 Å². The third kappa shape index (κ3) is 2.62. The molecule has 1 aliphatic carbocycles. The predicted molar refractivity (Wildman–Crippen MR) is 63.2 cm³/mol. The summed E-state index contributed by atoms with van der Waals surface area (Å²) < 4.78 is 1.79. The van der Waals surface area contributed by atoms with E-state index in [1.807, 2.05) is 26.5 Å². The summed E-state index contributed by atoms with van der Waals surface area (Å²) in [6.07, 6.45) is 8.46. The predicted octanol–water partition coefficient (Wildman–Crippen LogP) is 0.856. The van der Waals surface area contributed by atoms with Gasteiger partial charge in [-0.2, -0.15) is 5.10 Å². The van der Waals surface area contributed by atoms with Gasteiger partial charge in [0.15, 0.2) is 0 Å². The van der Waals surface area contributed by atoms with Crippen molar-refractivity contribution in [2.24, 2.45) is 7.05 Å². The van der Waals surface area contributed by atoms with Gasteiger partial charge in [-0.15, -0.1) is 0 Å². The van der Waals surface area contributed by atoms with Crippen LogP contribution in [0.25, 0.3) is 0 Å². The minimum Gasteiger partial charge on any atom is -0.390 e. The second kappa shape index (κ2) is 4.55. The molecule has 1 aromatic heterocycles. The number of aryl methyl sites for hydroxylation is 1. The third-order valence-corrected chi connectivity index (χ3v) is 3.62. The Bertz CT molecular complexity index is 340. The van der Waals surface area contributed by atoms with Crippen molar-refractivity contribution < 1.29 is 5.11 Å². The zero-order chi connectivity index (χ0) is 11.6. The van der Waals surface area contributed by atoms with Crippen LogP contribution in [0.15, 0.2) is 12.4 Å². The van der Waals surface area contributed by atoms with E-state index in [9.17, 15) is 5.11 Å². The second-order valence-corrected chi connectivity index (χ2v) is 4.99. The van der Waals surface area contributed by atoms with E-state index >= 15 is 0 Å². The molecule has 1 saturated carbocycles. The lowest BCUT2D eigenvalue weighted by Gasteiger charge is -2.35. The van der Waals surface area contributed by atoms with Gasteiger partial charge in [0.05, 0.1) is 11.8 Å². The van der Waals surface area contributed by atoms with Crippen LogP contribution in [0.1, 0.15) is 31.2 Å². The highest BCUT2D eigenvalue weighted by atomic mass is 16.3. The summed E-state index contributed by atoms with van der Waals surface area (Å²) in [5.41, 5.74) is 0.615. The van der Waals surface area contributed by atoms with Crippen LogP contribution in [0.5, 0.6) is 0 Å². The van der Waals surface area contributed by atoms with Crippen LogP contribution in [0, 0.1) is 0 Å². The first kappa shape index (κ1) is 11.6. The smallest absolute Gasteiger partial charge is 0.0690 e. The van der Waals surface area contributed by atoms with Crippen LogP contribution < -0.4 is 5.32 Å². The molecule has 0 saturated heterocycles. The number of nitrogens with zero attached hydrogens (tertiary/aromatic N) is 2. The summed E-state index contributed by atoms with van der Waals surface area (Å²) in [6, 6.07) is 0.578. The van der Waals surface area contributed by atoms with Gasteiger partial charge in [-0.25, -0.2) is 0 Å². The average molecular weight is 223 g/mol. The monoisotopic (exact) mass is 223 g/mol. The molecule has 0 radical (unpaired) electrons. The molecule has 90 valence electrons. The number of hydrogen-bond acceptors (Lipinski definition) is 3. The first-order chi connectivity index (χ1) is 7.61. The maximum Gasteiger partial charge on any atom is 0.0690 e. The lowest BCUT2D eigenvalue weighted by Crippen LogP contribution is -2.41. The Morgan fingerprint density at radius 3 is 2.75 bits per heavy atom. The fourth-order valence-corrected chi connectivity index (χ4v) is 2.56. The third-order valence-electron chi connectivity index (χ3n) is 3.62. The number of rotatable bonds is 3. The molecule has 16 heavy (non-hydrogen) atoms. The van der Waals surface area contributed by atoms with Crippen LogP contribution in [-0.4, -0.2) is 33.6 Å². The van der Waals surface area contributed by atoms with Gasteiger partial charge in [-0.1, -0.05) is 0 Å². The Hall–Kier alpha value is -0.870. The molecule has 4 heteroatoms. The van der Waals surface area contributed by atoms with Gasteiger partial charge in [0, 0.05) is 25.7 Å². The average Bonchev–Trinajstić information content (AvgIpc) is 2.64. The van der Waals surface area contributed by atoms with E-state index in [4.69, 9.17) is 0 Å². The van der Waals surface area contributed by atoms with Crippen molar-refractivity contribution in [1.29, 1.82) is 0 Å². The summed E-state index contributed by atoms with van der Waals surface area (Å²) in [5.74, 6) is 0. The highest BCUT2D eigenvalue weighted by molar-refractivity contribution is 5.09. The van der Waals surface area contributed by atoms with E-state index in [1.165, 1.54) is 0 Å². The number of hydrogen-bond donors (Lipinski definition) is 2.